The van der Waals surface area contributed by atoms with Crippen molar-refractivity contribution in [3.05, 3.63) is 89.2 Å². The van der Waals surface area contributed by atoms with Crippen LogP contribution in [0.2, 0.25) is 0 Å². The molecule has 0 aliphatic heterocycles. The number of nitrogens with zero attached hydrogens (tertiary/aromatic N) is 3. The lowest BCUT2D eigenvalue weighted by molar-refractivity contribution is -0.128. The predicted molar refractivity (Wildman–Crippen MR) is 158 cm³/mol. The minimum atomic E-state index is -1.19. The van der Waals surface area contributed by atoms with Gasteiger partial charge in [-0.1, -0.05) is 30.3 Å². The number of fused-ring (bicyclic) bond motifs is 1. The summed E-state index contributed by atoms with van der Waals surface area (Å²) in [5.41, 5.74) is 4.50. The van der Waals surface area contributed by atoms with E-state index in [1.165, 1.54) is 13.0 Å². The molecule has 1 unspecified atom stereocenters. The van der Waals surface area contributed by atoms with Gasteiger partial charge in [-0.3, -0.25) is 9.59 Å². The van der Waals surface area contributed by atoms with Crippen molar-refractivity contribution in [3.63, 3.8) is 0 Å². The number of carbonyl (C=O) groups is 2. The minimum Gasteiger partial charge on any atom is -0.490 e. The summed E-state index contributed by atoms with van der Waals surface area (Å²) in [6.45, 7) is 6.87. The Balaban J connectivity index is 1.52. The van der Waals surface area contributed by atoms with E-state index in [-0.39, 0.29) is 23.8 Å². The number of hydrogen-bond donors (Lipinski definition) is 4. The number of nitriles is 1. The topological polar surface area (TPSA) is 149 Å². The maximum atomic E-state index is 13.2. The van der Waals surface area contributed by atoms with Crippen LogP contribution >= 0.6 is 0 Å². The number of aliphatic hydroxyl groups is 2. The standard InChI is InChI=1S/C32H35N5O5/c1-19(2)42-29-12-11-24(15-25(29)16-33)32(41)35-26(17-34-31(40)21(4)39)14-22-7-9-23(10-8-22)28-18-37-13-5-6-27(20(3)38)30(37)36-28/h5-13,15,18-21,26,38-39H,14,17H2,1-4H3,(H,34,40)(H,35,41)/t20?,21-,26-/m0/s1. The van der Waals surface area contributed by atoms with Crippen molar-refractivity contribution in [3.8, 4) is 23.1 Å². The molecule has 10 heteroatoms. The van der Waals surface area contributed by atoms with Gasteiger partial charge < -0.3 is 30.0 Å². The van der Waals surface area contributed by atoms with Crippen molar-refractivity contribution >= 4 is 17.5 Å². The number of imidazole rings is 1. The number of aliphatic hydroxyl groups excluding tert-OH is 2. The summed E-state index contributed by atoms with van der Waals surface area (Å²) in [6, 6.07) is 17.6. The fourth-order valence-corrected chi connectivity index (χ4v) is 4.53. The lowest BCUT2D eigenvalue weighted by atomic mass is 10.0. The first-order chi connectivity index (χ1) is 20.0. The molecule has 2 aromatic heterocycles. The number of pyridine rings is 1. The Morgan fingerprint density at radius 1 is 1.07 bits per heavy atom. The van der Waals surface area contributed by atoms with Crippen LogP contribution in [0.3, 0.4) is 0 Å². The smallest absolute Gasteiger partial charge is 0.251 e. The van der Waals surface area contributed by atoms with E-state index in [0.29, 0.717) is 17.8 Å². The number of carbonyl (C=O) groups excluding carboxylic acids is 2. The molecule has 0 radical (unpaired) electrons. The summed E-state index contributed by atoms with van der Waals surface area (Å²) in [4.78, 5) is 29.9. The summed E-state index contributed by atoms with van der Waals surface area (Å²) >= 11 is 0. The highest BCUT2D eigenvalue weighted by Crippen LogP contribution is 2.25. The molecule has 3 atom stereocenters. The first-order valence-corrected chi connectivity index (χ1v) is 13.8. The summed E-state index contributed by atoms with van der Waals surface area (Å²) in [6.07, 6.45) is 2.21. The zero-order valence-corrected chi connectivity index (χ0v) is 24.0. The van der Waals surface area contributed by atoms with E-state index in [9.17, 15) is 25.1 Å². The van der Waals surface area contributed by atoms with E-state index >= 15 is 0 Å². The van der Waals surface area contributed by atoms with E-state index in [1.54, 1.807) is 19.1 Å². The second kappa shape index (κ2) is 13.3. The maximum absolute atomic E-state index is 13.2. The summed E-state index contributed by atoms with van der Waals surface area (Å²) in [7, 11) is 0. The zero-order valence-electron chi connectivity index (χ0n) is 24.0. The van der Waals surface area contributed by atoms with Gasteiger partial charge in [0.2, 0.25) is 5.91 Å². The molecule has 0 bridgehead atoms. The van der Waals surface area contributed by atoms with Gasteiger partial charge in [0.1, 0.15) is 23.6 Å². The van der Waals surface area contributed by atoms with E-state index in [1.807, 2.05) is 67.0 Å². The van der Waals surface area contributed by atoms with E-state index in [2.05, 4.69) is 16.7 Å². The predicted octanol–water partition coefficient (Wildman–Crippen LogP) is 3.55. The van der Waals surface area contributed by atoms with Crippen molar-refractivity contribution in [2.75, 3.05) is 6.54 Å². The average molecular weight is 570 g/mol. The van der Waals surface area contributed by atoms with Gasteiger partial charge in [0.25, 0.3) is 5.91 Å². The van der Waals surface area contributed by atoms with E-state index in [0.717, 1.165) is 22.4 Å². The molecule has 4 rings (SSSR count). The van der Waals surface area contributed by atoms with Gasteiger partial charge in [-0.15, -0.1) is 0 Å². The number of ether oxygens (including phenoxy) is 1. The molecule has 218 valence electrons. The number of nitrogens with one attached hydrogen (secondary N) is 2. The maximum Gasteiger partial charge on any atom is 0.251 e. The highest BCUT2D eigenvalue weighted by molar-refractivity contribution is 5.95. The van der Waals surface area contributed by atoms with Crippen LogP contribution in [0.4, 0.5) is 0 Å². The number of hydrogen-bond acceptors (Lipinski definition) is 7. The lowest BCUT2D eigenvalue weighted by Crippen LogP contribution is -2.46. The normalized spacial score (nSPS) is 13.3. The third-order valence-electron chi connectivity index (χ3n) is 6.66. The average Bonchev–Trinajstić information content (AvgIpc) is 3.40. The lowest BCUT2D eigenvalue weighted by Gasteiger charge is -2.21. The Morgan fingerprint density at radius 2 is 1.81 bits per heavy atom. The van der Waals surface area contributed by atoms with Gasteiger partial charge in [-0.2, -0.15) is 5.26 Å². The van der Waals surface area contributed by atoms with Crippen LogP contribution in [0.25, 0.3) is 16.9 Å². The molecule has 2 aromatic carbocycles. The second-order valence-corrected chi connectivity index (χ2v) is 10.5. The first-order valence-electron chi connectivity index (χ1n) is 13.8. The molecular weight excluding hydrogens is 534 g/mol. The number of benzene rings is 2. The third kappa shape index (κ3) is 7.32. The van der Waals surface area contributed by atoms with Crippen LogP contribution in [-0.2, 0) is 11.2 Å². The molecule has 0 aliphatic carbocycles. The Hall–Kier alpha value is -4.72. The summed E-state index contributed by atoms with van der Waals surface area (Å²) < 4.78 is 7.53. The molecule has 0 spiro atoms. The molecule has 10 nitrogen and oxygen atoms in total. The largest absolute Gasteiger partial charge is 0.490 e. The van der Waals surface area contributed by atoms with Gasteiger partial charge in [-0.05, 0) is 63.9 Å². The molecule has 0 aliphatic rings. The van der Waals surface area contributed by atoms with Crippen molar-refractivity contribution in [1.82, 2.24) is 20.0 Å². The summed E-state index contributed by atoms with van der Waals surface area (Å²) in [5, 5.41) is 34.9. The number of aromatic nitrogens is 2. The molecule has 0 saturated carbocycles. The zero-order chi connectivity index (χ0) is 30.4. The molecular formula is C32H35N5O5. The van der Waals surface area contributed by atoms with Crippen LogP contribution in [0.1, 0.15) is 60.8 Å². The highest BCUT2D eigenvalue weighted by atomic mass is 16.5. The van der Waals surface area contributed by atoms with Crippen LogP contribution in [0.5, 0.6) is 5.75 Å². The highest BCUT2D eigenvalue weighted by Gasteiger charge is 2.19. The second-order valence-electron chi connectivity index (χ2n) is 10.5. The molecule has 0 fully saturated rings. The van der Waals surface area contributed by atoms with Crippen LogP contribution in [0.15, 0.2) is 67.0 Å². The molecule has 4 aromatic rings. The molecule has 0 saturated heterocycles. The molecule has 2 heterocycles. The van der Waals surface area contributed by atoms with Crippen LogP contribution in [0, 0.1) is 11.3 Å². The van der Waals surface area contributed by atoms with Gasteiger partial charge in [-0.25, -0.2) is 4.98 Å². The van der Waals surface area contributed by atoms with Gasteiger partial charge in [0, 0.05) is 35.6 Å². The van der Waals surface area contributed by atoms with Gasteiger partial charge in [0.15, 0.2) is 0 Å². The quantitative estimate of drug-likeness (QED) is 0.216. The fourth-order valence-electron chi connectivity index (χ4n) is 4.53. The van der Waals surface area contributed by atoms with E-state index < -0.39 is 30.1 Å². The van der Waals surface area contributed by atoms with Gasteiger partial charge in [0.05, 0.1) is 29.5 Å². The van der Waals surface area contributed by atoms with Crippen molar-refractivity contribution in [1.29, 1.82) is 5.26 Å². The molecule has 2 amide bonds. The number of amides is 2. The summed E-state index contributed by atoms with van der Waals surface area (Å²) in [5.74, 6) is -0.554. The van der Waals surface area contributed by atoms with E-state index in [4.69, 9.17) is 9.72 Å². The first kappa shape index (κ1) is 30.2. The number of rotatable bonds is 11. The van der Waals surface area contributed by atoms with Crippen molar-refractivity contribution in [2.45, 2.75) is 58.5 Å². The van der Waals surface area contributed by atoms with Crippen LogP contribution < -0.4 is 15.4 Å². The van der Waals surface area contributed by atoms with Crippen molar-refractivity contribution in [2.24, 2.45) is 0 Å². The molecule has 4 N–H and O–H groups in total. The fraction of sp³-hybridized carbons (Fsp3) is 0.312. The third-order valence-corrected chi connectivity index (χ3v) is 6.66. The Bertz CT molecular complexity index is 1600. The van der Waals surface area contributed by atoms with Crippen molar-refractivity contribution < 1.29 is 24.5 Å². The SMILES string of the molecule is CC(C)Oc1ccc(C(=O)N[C@H](CNC(=O)[C@H](C)O)Cc2ccc(-c3cn4cccc(C(C)O)c4n3)cc2)cc1C#N. The monoisotopic (exact) mass is 569 g/mol. The minimum absolute atomic E-state index is 0.0887. The van der Waals surface area contributed by atoms with Gasteiger partial charge >= 0.3 is 0 Å². The van der Waals surface area contributed by atoms with Crippen LogP contribution in [-0.4, -0.2) is 56.2 Å². The Morgan fingerprint density at radius 3 is 2.45 bits per heavy atom. The Kier molecular flexibility index (Phi) is 9.57. The molecule has 42 heavy (non-hydrogen) atoms. The Labute approximate surface area is 244 Å².